The summed E-state index contributed by atoms with van der Waals surface area (Å²) in [5.41, 5.74) is 3.62. The van der Waals surface area contributed by atoms with E-state index in [1.54, 1.807) is 0 Å². The van der Waals surface area contributed by atoms with Gasteiger partial charge in [-0.15, -0.1) is 0 Å². The third kappa shape index (κ3) is 4.41. The summed E-state index contributed by atoms with van der Waals surface area (Å²) in [4.78, 5) is 19.4. The van der Waals surface area contributed by atoms with Crippen molar-refractivity contribution in [2.45, 2.75) is 12.5 Å². The van der Waals surface area contributed by atoms with Gasteiger partial charge in [-0.2, -0.15) is 0 Å². The van der Waals surface area contributed by atoms with Crippen molar-refractivity contribution in [2.75, 3.05) is 19.7 Å². The van der Waals surface area contributed by atoms with Crippen LogP contribution >= 0.6 is 11.6 Å². The first-order valence-electron chi connectivity index (χ1n) is 9.35. The minimum absolute atomic E-state index is 0.0315. The molecule has 4 nitrogen and oxygen atoms in total. The largest absolute Gasteiger partial charge is 0.368 e. The standard InChI is InChI=1S/C23H21ClN2O2/c24-19-9-4-6-17(14-19)15-20-10-5-11-21(25-20)22-16-26(12-13-28-22)23(27)18-7-2-1-3-8-18/h1-11,14,22H,12-13,15-16H2/t22-/m0/s1. The van der Waals surface area contributed by atoms with Crippen LogP contribution in [-0.4, -0.2) is 35.5 Å². The molecule has 0 N–H and O–H groups in total. The molecule has 142 valence electrons. The van der Waals surface area contributed by atoms with E-state index in [1.807, 2.05) is 77.7 Å². The van der Waals surface area contributed by atoms with Gasteiger partial charge < -0.3 is 9.64 Å². The van der Waals surface area contributed by atoms with Gasteiger partial charge in [-0.25, -0.2) is 0 Å². The number of morpholine rings is 1. The lowest BCUT2D eigenvalue weighted by Crippen LogP contribution is -2.42. The topological polar surface area (TPSA) is 42.4 Å². The maximum Gasteiger partial charge on any atom is 0.254 e. The van der Waals surface area contributed by atoms with E-state index < -0.39 is 0 Å². The van der Waals surface area contributed by atoms with E-state index in [9.17, 15) is 4.79 Å². The van der Waals surface area contributed by atoms with Crippen molar-refractivity contribution >= 4 is 17.5 Å². The van der Waals surface area contributed by atoms with Gasteiger partial charge in [0.25, 0.3) is 5.91 Å². The van der Waals surface area contributed by atoms with E-state index in [1.165, 1.54) is 0 Å². The van der Waals surface area contributed by atoms with Crippen LogP contribution in [0.2, 0.25) is 5.02 Å². The minimum Gasteiger partial charge on any atom is -0.368 e. The van der Waals surface area contributed by atoms with Crippen LogP contribution in [0.25, 0.3) is 0 Å². The number of nitrogens with zero attached hydrogens (tertiary/aromatic N) is 2. The molecule has 1 aliphatic rings. The average molecular weight is 393 g/mol. The Morgan fingerprint density at radius 1 is 1.07 bits per heavy atom. The zero-order valence-electron chi connectivity index (χ0n) is 15.4. The van der Waals surface area contributed by atoms with Gasteiger partial charge in [-0.1, -0.05) is 48.0 Å². The Bertz CT molecular complexity index is 962. The zero-order valence-corrected chi connectivity index (χ0v) is 16.2. The van der Waals surface area contributed by atoms with Crippen molar-refractivity contribution in [3.63, 3.8) is 0 Å². The molecule has 0 unspecified atom stereocenters. The molecule has 0 bridgehead atoms. The molecule has 0 aliphatic carbocycles. The van der Waals surface area contributed by atoms with Crippen LogP contribution in [0.15, 0.2) is 72.8 Å². The Balaban J connectivity index is 1.48. The SMILES string of the molecule is O=C(c1ccccc1)N1CCO[C@H](c2cccc(Cc3cccc(Cl)c3)n2)C1. The average Bonchev–Trinajstić information content (AvgIpc) is 2.74. The van der Waals surface area contributed by atoms with E-state index in [0.29, 0.717) is 31.7 Å². The highest BCUT2D eigenvalue weighted by Crippen LogP contribution is 2.23. The fraction of sp³-hybridized carbons (Fsp3) is 0.217. The number of rotatable bonds is 4. The van der Waals surface area contributed by atoms with Crippen molar-refractivity contribution in [1.82, 2.24) is 9.88 Å². The summed E-state index contributed by atoms with van der Waals surface area (Å²) in [6.07, 6.45) is 0.481. The molecule has 1 amide bonds. The number of halogens is 1. The first-order valence-corrected chi connectivity index (χ1v) is 9.73. The number of hydrogen-bond acceptors (Lipinski definition) is 3. The smallest absolute Gasteiger partial charge is 0.254 e. The molecular weight excluding hydrogens is 372 g/mol. The number of benzene rings is 2. The Kier molecular flexibility index (Phi) is 5.70. The predicted octanol–water partition coefficient (Wildman–Crippen LogP) is 4.54. The quantitative estimate of drug-likeness (QED) is 0.654. The van der Waals surface area contributed by atoms with Crippen molar-refractivity contribution in [1.29, 1.82) is 0 Å². The molecule has 1 fully saturated rings. The molecule has 5 heteroatoms. The Morgan fingerprint density at radius 3 is 2.71 bits per heavy atom. The molecular formula is C23H21ClN2O2. The van der Waals surface area contributed by atoms with Gasteiger partial charge in [0, 0.05) is 29.2 Å². The second-order valence-electron chi connectivity index (χ2n) is 6.84. The second kappa shape index (κ2) is 8.55. The monoisotopic (exact) mass is 392 g/mol. The maximum absolute atomic E-state index is 12.8. The van der Waals surface area contributed by atoms with Crippen molar-refractivity contribution in [2.24, 2.45) is 0 Å². The lowest BCUT2D eigenvalue weighted by molar-refractivity contribution is -0.0247. The van der Waals surface area contributed by atoms with Crippen molar-refractivity contribution in [3.8, 4) is 0 Å². The van der Waals surface area contributed by atoms with E-state index in [4.69, 9.17) is 21.3 Å². The third-order valence-electron chi connectivity index (χ3n) is 4.81. The van der Waals surface area contributed by atoms with E-state index >= 15 is 0 Å². The van der Waals surface area contributed by atoms with Crippen molar-refractivity contribution < 1.29 is 9.53 Å². The molecule has 1 atom stereocenters. The lowest BCUT2D eigenvalue weighted by Gasteiger charge is -2.33. The molecule has 0 spiro atoms. The Labute approximate surface area is 169 Å². The van der Waals surface area contributed by atoms with Gasteiger partial charge in [0.15, 0.2) is 0 Å². The normalized spacial score (nSPS) is 16.8. The number of carbonyl (C=O) groups is 1. The summed E-state index contributed by atoms with van der Waals surface area (Å²) >= 11 is 6.08. The summed E-state index contributed by atoms with van der Waals surface area (Å²) in [6.45, 7) is 1.59. The zero-order chi connectivity index (χ0) is 19.3. The second-order valence-corrected chi connectivity index (χ2v) is 7.27. The molecule has 2 aromatic carbocycles. The van der Waals surface area contributed by atoms with Crippen LogP contribution in [0.5, 0.6) is 0 Å². The van der Waals surface area contributed by atoms with E-state index in [-0.39, 0.29) is 12.0 Å². The van der Waals surface area contributed by atoms with Gasteiger partial charge in [0.05, 0.1) is 18.8 Å². The van der Waals surface area contributed by atoms with Crippen LogP contribution in [0.1, 0.15) is 33.4 Å². The molecule has 1 saturated heterocycles. The van der Waals surface area contributed by atoms with Gasteiger partial charge >= 0.3 is 0 Å². The summed E-state index contributed by atoms with van der Waals surface area (Å²) in [7, 11) is 0. The summed E-state index contributed by atoms with van der Waals surface area (Å²) in [6, 6.07) is 23.1. The number of carbonyl (C=O) groups excluding carboxylic acids is 1. The first kappa shape index (κ1) is 18.7. The summed E-state index contributed by atoms with van der Waals surface area (Å²) < 4.78 is 5.93. The molecule has 1 aromatic heterocycles. The van der Waals surface area contributed by atoms with Gasteiger partial charge in [0.2, 0.25) is 0 Å². The van der Waals surface area contributed by atoms with Gasteiger partial charge in [0.1, 0.15) is 6.10 Å². The van der Waals surface area contributed by atoms with E-state index in [2.05, 4.69) is 0 Å². The van der Waals surface area contributed by atoms with Crippen molar-refractivity contribution in [3.05, 3.63) is 100 Å². The molecule has 28 heavy (non-hydrogen) atoms. The van der Waals surface area contributed by atoms with Crippen LogP contribution in [0.4, 0.5) is 0 Å². The predicted molar refractivity (Wildman–Crippen MR) is 110 cm³/mol. The number of pyridine rings is 1. The van der Waals surface area contributed by atoms with Crippen LogP contribution < -0.4 is 0 Å². The molecule has 4 rings (SSSR count). The lowest BCUT2D eigenvalue weighted by atomic mass is 10.1. The van der Waals surface area contributed by atoms with Gasteiger partial charge in [-0.3, -0.25) is 9.78 Å². The molecule has 0 radical (unpaired) electrons. The highest BCUT2D eigenvalue weighted by molar-refractivity contribution is 6.30. The summed E-state index contributed by atoms with van der Waals surface area (Å²) in [5, 5.41) is 0.722. The van der Waals surface area contributed by atoms with Gasteiger partial charge in [-0.05, 0) is 42.0 Å². The number of aromatic nitrogens is 1. The van der Waals surface area contributed by atoms with Crippen LogP contribution in [-0.2, 0) is 11.2 Å². The highest BCUT2D eigenvalue weighted by atomic mass is 35.5. The fourth-order valence-electron chi connectivity index (χ4n) is 3.41. The third-order valence-corrected chi connectivity index (χ3v) is 5.04. The molecule has 2 heterocycles. The summed E-state index contributed by atoms with van der Waals surface area (Å²) in [5.74, 6) is 0.0315. The number of ether oxygens (including phenoxy) is 1. The Morgan fingerprint density at radius 2 is 1.89 bits per heavy atom. The Hall–Kier alpha value is -2.69. The van der Waals surface area contributed by atoms with E-state index in [0.717, 1.165) is 22.0 Å². The molecule has 0 saturated carbocycles. The van der Waals surface area contributed by atoms with Crippen LogP contribution in [0.3, 0.4) is 0 Å². The first-order chi connectivity index (χ1) is 13.7. The fourth-order valence-corrected chi connectivity index (χ4v) is 3.62. The highest BCUT2D eigenvalue weighted by Gasteiger charge is 2.27. The number of hydrogen-bond donors (Lipinski definition) is 0. The minimum atomic E-state index is -0.222. The number of amides is 1. The maximum atomic E-state index is 12.8. The molecule has 3 aromatic rings. The molecule has 1 aliphatic heterocycles. The van der Waals surface area contributed by atoms with Crippen LogP contribution in [0, 0.1) is 0 Å².